The molecule has 0 aromatic heterocycles. The quantitative estimate of drug-likeness (QED) is 0.865. The lowest BCUT2D eigenvalue weighted by Gasteiger charge is -2.30. The zero-order chi connectivity index (χ0) is 14.9. The summed E-state index contributed by atoms with van der Waals surface area (Å²) in [6, 6.07) is 2.31. The lowest BCUT2D eigenvalue weighted by molar-refractivity contribution is -0.139. The minimum atomic E-state index is -4.19. The lowest BCUT2D eigenvalue weighted by atomic mass is 9.99. The van der Waals surface area contributed by atoms with Crippen molar-refractivity contribution in [3.05, 3.63) is 27.7 Å². The van der Waals surface area contributed by atoms with Crippen LogP contribution in [0.4, 0.5) is 13.2 Å². The molecule has 1 aromatic carbocycles. The van der Waals surface area contributed by atoms with Gasteiger partial charge in [0.05, 0.1) is 18.1 Å². The van der Waals surface area contributed by atoms with E-state index in [1.807, 2.05) is 0 Å². The molecule has 7 heteroatoms. The Kier molecular flexibility index (Phi) is 4.72. The van der Waals surface area contributed by atoms with Gasteiger partial charge in [0.2, 0.25) is 0 Å². The maximum atomic E-state index is 12.4. The molecule has 0 radical (unpaired) electrons. The van der Waals surface area contributed by atoms with Gasteiger partial charge in [-0.05, 0) is 19.1 Å². The van der Waals surface area contributed by atoms with Crippen LogP contribution in [-0.4, -0.2) is 18.8 Å². The van der Waals surface area contributed by atoms with Gasteiger partial charge >= 0.3 is 6.18 Å². The highest BCUT2D eigenvalue weighted by Gasteiger charge is 2.32. The van der Waals surface area contributed by atoms with E-state index < -0.39 is 18.6 Å². The topological polar surface area (TPSA) is 21.3 Å². The lowest BCUT2D eigenvalue weighted by Crippen LogP contribution is -2.36. The van der Waals surface area contributed by atoms with Crippen molar-refractivity contribution in [1.29, 1.82) is 0 Å². The highest BCUT2D eigenvalue weighted by atomic mass is 35.5. The standard InChI is InChI=1S/C13H14Cl2F3NO/c1-7(6-13(16,17)18)19-11-2-3-20-12-9(11)4-8(14)5-10(12)15/h4-5,7,11,19H,2-3,6H2,1H3. The van der Waals surface area contributed by atoms with E-state index in [1.165, 1.54) is 6.92 Å². The van der Waals surface area contributed by atoms with Gasteiger partial charge in [0.25, 0.3) is 0 Å². The van der Waals surface area contributed by atoms with Crippen LogP contribution in [-0.2, 0) is 0 Å². The van der Waals surface area contributed by atoms with E-state index in [0.29, 0.717) is 34.4 Å². The molecule has 0 saturated carbocycles. The van der Waals surface area contributed by atoms with E-state index in [1.54, 1.807) is 12.1 Å². The molecular formula is C13H14Cl2F3NO. The Labute approximate surface area is 125 Å². The number of alkyl halides is 3. The molecular weight excluding hydrogens is 314 g/mol. The predicted molar refractivity (Wildman–Crippen MR) is 72.6 cm³/mol. The van der Waals surface area contributed by atoms with Crippen molar-refractivity contribution >= 4 is 23.2 Å². The van der Waals surface area contributed by atoms with Gasteiger partial charge in [0.1, 0.15) is 5.75 Å². The number of benzene rings is 1. The Balaban J connectivity index is 2.16. The largest absolute Gasteiger partial charge is 0.492 e. The van der Waals surface area contributed by atoms with E-state index in [-0.39, 0.29) is 6.04 Å². The monoisotopic (exact) mass is 327 g/mol. The van der Waals surface area contributed by atoms with Crippen LogP contribution in [0, 0.1) is 0 Å². The zero-order valence-corrected chi connectivity index (χ0v) is 12.2. The Hall–Kier alpha value is -0.650. The molecule has 0 aliphatic carbocycles. The summed E-state index contributed by atoms with van der Waals surface area (Å²) in [7, 11) is 0. The van der Waals surface area contributed by atoms with Crippen molar-refractivity contribution in [1.82, 2.24) is 5.32 Å². The van der Waals surface area contributed by atoms with Gasteiger partial charge in [-0.15, -0.1) is 0 Å². The Morgan fingerprint density at radius 3 is 2.75 bits per heavy atom. The molecule has 1 aromatic rings. The summed E-state index contributed by atoms with van der Waals surface area (Å²) in [5.74, 6) is 0.499. The molecule has 2 unspecified atom stereocenters. The molecule has 112 valence electrons. The first kappa shape index (κ1) is 15.7. The van der Waals surface area contributed by atoms with Crippen LogP contribution < -0.4 is 10.1 Å². The Morgan fingerprint density at radius 1 is 1.40 bits per heavy atom. The van der Waals surface area contributed by atoms with Crippen molar-refractivity contribution in [2.45, 2.75) is 38.0 Å². The SMILES string of the molecule is CC(CC(F)(F)F)NC1CCOc2c(Cl)cc(Cl)cc21. The highest BCUT2D eigenvalue weighted by molar-refractivity contribution is 6.35. The van der Waals surface area contributed by atoms with Crippen LogP contribution in [0.2, 0.25) is 10.0 Å². The van der Waals surface area contributed by atoms with Crippen molar-refractivity contribution in [3.63, 3.8) is 0 Å². The summed E-state index contributed by atoms with van der Waals surface area (Å²) in [5.41, 5.74) is 0.711. The summed E-state index contributed by atoms with van der Waals surface area (Å²) in [5, 5.41) is 3.79. The second-order valence-corrected chi connectivity index (χ2v) is 5.73. The molecule has 0 spiro atoms. The minimum absolute atomic E-state index is 0.243. The molecule has 0 fully saturated rings. The number of hydrogen-bond acceptors (Lipinski definition) is 2. The molecule has 20 heavy (non-hydrogen) atoms. The van der Waals surface area contributed by atoms with Crippen LogP contribution >= 0.6 is 23.2 Å². The van der Waals surface area contributed by atoms with E-state index in [4.69, 9.17) is 27.9 Å². The second kappa shape index (κ2) is 6.00. The molecule has 0 saturated heterocycles. The normalized spacial score (nSPS) is 20.2. The maximum Gasteiger partial charge on any atom is 0.390 e. The second-order valence-electron chi connectivity index (χ2n) is 4.88. The number of ether oxygens (including phenoxy) is 1. The maximum absolute atomic E-state index is 12.4. The molecule has 1 aliphatic heterocycles. The number of fused-ring (bicyclic) bond motifs is 1. The molecule has 0 bridgehead atoms. The number of hydrogen-bond donors (Lipinski definition) is 1. The fourth-order valence-corrected chi connectivity index (χ4v) is 2.91. The molecule has 0 amide bonds. The van der Waals surface area contributed by atoms with Gasteiger partial charge < -0.3 is 10.1 Å². The molecule has 1 heterocycles. The van der Waals surface area contributed by atoms with Gasteiger partial charge in [-0.3, -0.25) is 0 Å². The van der Waals surface area contributed by atoms with Crippen LogP contribution in [0.5, 0.6) is 5.75 Å². The summed E-state index contributed by atoms with van der Waals surface area (Å²) >= 11 is 12.0. The number of halogens is 5. The van der Waals surface area contributed by atoms with Gasteiger partial charge in [0.15, 0.2) is 0 Å². The van der Waals surface area contributed by atoms with Crippen LogP contribution in [0.3, 0.4) is 0 Å². The van der Waals surface area contributed by atoms with E-state index in [2.05, 4.69) is 5.32 Å². The minimum Gasteiger partial charge on any atom is -0.492 e. The van der Waals surface area contributed by atoms with E-state index in [0.717, 1.165) is 0 Å². The van der Waals surface area contributed by atoms with Gasteiger partial charge in [0, 0.05) is 29.1 Å². The van der Waals surface area contributed by atoms with Crippen LogP contribution in [0.25, 0.3) is 0 Å². The predicted octanol–water partition coefficient (Wildman–Crippen LogP) is 4.75. The first-order chi connectivity index (χ1) is 9.26. The molecule has 1 aliphatic rings. The van der Waals surface area contributed by atoms with Gasteiger partial charge in [-0.25, -0.2) is 0 Å². The average molecular weight is 328 g/mol. The summed E-state index contributed by atoms with van der Waals surface area (Å²) in [6.07, 6.45) is -4.49. The average Bonchev–Trinajstić information content (AvgIpc) is 2.27. The van der Waals surface area contributed by atoms with E-state index >= 15 is 0 Å². The van der Waals surface area contributed by atoms with Crippen molar-refractivity contribution in [2.75, 3.05) is 6.61 Å². The summed E-state index contributed by atoms with van der Waals surface area (Å²) in [4.78, 5) is 0. The van der Waals surface area contributed by atoms with Crippen molar-refractivity contribution in [2.24, 2.45) is 0 Å². The third-order valence-electron chi connectivity index (χ3n) is 3.09. The van der Waals surface area contributed by atoms with Crippen molar-refractivity contribution in [3.8, 4) is 5.75 Å². The number of rotatable bonds is 3. The van der Waals surface area contributed by atoms with Crippen LogP contribution in [0.15, 0.2) is 12.1 Å². The molecule has 2 nitrogen and oxygen atoms in total. The smallest absolute Gasteiger partial charge is 0.390 e. The fraction of sp³-hybridized carbons (Fsp3) is 0.538. The summed E-state index contributed by atoms with van der Waals surface area (Å²) < 4.78 is 42.6. The van der Waals surface area contributed by atoms with Gasteiger partial charge in [-0.1, -0.05) is 23.2 Å². The Morgan fingerprint density at radius 2 is 2.10 bits per heavy atom. The molecule has 2 rings (SSSR count). The van der Waals surface area contributed by atoms with Crippen LogP contribution in [0.1, 0.15) is 31.4 Å². The molecule has 2 atom stereocenters. The first-order valence-corrected chi connectivity index (χ1v) is 6.96. The van der Waals surface area contributed by atoms with Crippen molar-refractivity contribution < 1.29 is 17.9 Å². The third kappa shape index (κ3) is 3.93. The zero-order valence-electron chi connectivity index (χ0n) is 10.7. The van der Waals surface area contributed by atoms with Gasteiger partial charge in [-0.2, -0.15) is 13.2 Å². The number of nitrogens with one attached hydrogen (secondary N) is 1. The molecule has 1 N–H and O–H groups in total. The first-order valence-electron chi connectivity index (χ1n) is 6.21. The van der Waals surface area contributed by atoms with E-state index in [9.17, 15) is 13.2 Å². The Bertz CT molecular complexity index is 493. The highest BCUT2D eigenvalue weighted by Crippen LogP contribution is 2.40. The summed E-state index contributed by atoms with van der Waals surface area (Å²) in [6.45, 7) is 1.92. The third-order valence-corrected chi connectivity index (χ3v) is 3.59. The fourth-order valence-electron chi connectivity index (χ4n) is 2.35.